The Kier molecular flexibility index (Phi) is 3.89. The molecule has 3 nitrogen and oxygen atoms in total. The fraction of sp³-hybridized carbons (Fsp3) is 0.0667. The first-order valence-corrected chi connectivity index (χ1v) is 7.34. The highest BCUT2D eigenvalue weighted by Gasteiger charge is 2.18. The Labute approximate surface area is 134 Å². The normalized spacial score (nSPS) is 12.6. The molecular formula is C15H10BrClFN3. The second-order valence-corrected chi connectivity index (χ2v) is 5.78. The second kappa shape index (κ2) is 5.67. The van der Waals surface area contributed by atoms with Crippen LogP contribution < -0.4 is 5.73 Å². The van der Waals surface area contributed by atoms with Crippen LogP contribution in [-0.4, -0.2) is 9.97 Å². The van der Waals surface area contributed by atoms with Crippen LogP contribution in [0, 0.1) is 5.82 Å². The minimum atomic E-state index is -0.623. The maximum atomic E-state index is 14.2. The Balaban J connectivity index is 2.08. The second-order valence-electron chi connectivity index (χ2n) is 4.55. The molecule has 0 saturated carbocycles. The Hall–Kier alpha value is -1.56. The lowest BCUT2D eigenvalue weighted by molar-refractivity contribution is 0.599. The number of rotatable bonds is 2. The molecule has 1 heterocycles. The molecule has 3 aromatic rings. The van der Waals surface area contributed by atoms with Crippen molar-refractivity contribution in [2.24, 2.45) is 5.73 Å². The fourth-order valence-electron chi connectivity index (χ4n) is 2.13. The predicted molar refractivity (Wildman–Crippen MR) is 84.7 cm³/mol. The molecule has 1 aromatic heterocycles. The van der Waals surface area contributed by atoms with E-state index in [1.807, 2.05) is 18.2 Å². The summed E-state index contributed by atoms with van der Waals surface area (Å²) in [7, 11) is 0. The molecule has 1 unspecified atom stereocenters. The summed E-state index contributed by atoms with van der Waals surface area (Å²) in [5.74, 6) is -0.516. The van der Waals surface area contributed by atoms with Crippen LogP contribution in [0.2, 0.25) is 5.02 Å². The number of halogens is 3. The highest BCUT2D eigenvalue weighted by atomic mass is 79.9. The number of fused-ring (bicyclic) bond motifs is 1. The van der Waals surface area contributed by atoms with E-state index in [9.17, 15) is 4.39 Å². The maximum Gasteiger partial charge on any atom is 0.148 e. The first-order valence-electron chi connectivity index (χ1n) is 6.17. The molecule has 0 radical (unpaired) electrons. The molecule has 106 valence electrons. The van der Waals surface area contributed by atoms with Crippen LogP contribution in [0.25, 0.3) is 11.0 Å². The van der Waals surface area contributed by atoms with Crippen LogP contribution in [0.3, 0.4) is 0 Å². The highest BCUT2D eigenvalue weighted by molar-refractivity contribution is 9.10. The van der Waals surface area contributed by atoms with E-state index in [2.05, 4.69) is 25.9 Å². The first-order chi connectivity index (χ1) is 10.1. The van der Waals surface area contributed by atoms with Gasteiger partial charge in [-0.25, -0.2) is 4.39 Å². The summed E-state index contributed by atoms with van der Waals surface area (Å²) in [6.07, 6.45) is 3.23. The predicted octanol–water partition coefficient (Wildman–Crippen LogP) is 4.23. The van der Waals surface area contributed by atoms with E-state index in [0.29, 0.717) is 15.6 Å². The van der Waals surface area contributed by atoms with Crippen molar-refractivity contribution >= 4 is 38.6 Å². The molecule has 0 aliphatic rings. The van der Waals surface area contributed by atoms with Gasteiger partial charge in [-0.2, -0.15) is 0 Å². The van der Waals surface area contributed by atoms with Gasteiger partial charge >= 0.3 is 0 Å². The largest absolute Gasteiger partial charge is 0.320 e. The molecule has 1 atom stereocenters. The Morgan fingerprint density at radius 1 is 1.10 bits per heavy atom. The number of nitrogens with zero attached hydrogens (tertiary/aromatic N) is 2. The molecule has 2 aromatic carbocycles. The monoisotopic (exact) mass is 365 g/mol. The lowest BCUT2D eigenvalue weighted by Crippen LogP contribution is -2.14. The minimum absolute atomic E-state index is 0.0310. The molecule has 0 fully saturated rings. The number of aromatic nitrogens is 2. The third-order valence-corrected chi connectivity index (χ3v) is 4.51. The number of benzene rings is 2. The standard InChI is InChI=1S/C15H10BrClFN3/c16-10-3-2-9(14(18)13(10)17)15(19)8-1-4-11-12(7-8)21-6-5-20-11/h1-7,15H,19H2. The van der Waals surface area contributed by atoms with Crippen molar-refractivity contribution in [3.63, 3.8) is 0 Å². The lowest BCUT2D eigenvalue weighted by Gasteiger charge is -2.15. The third kappa shape index (κ3) is 2.64. The number of hydrogen-bond donors (Lipinski definition) is 1. The third-order valence-electron chi connectivity index (χ3n) is 3.25. The van der Waals surface area contributed by atoms with Gasteiger partial charge in [-0.1, -0.05) is 23.7 Å². The highest BCUT2D eigenvalue weighted by Crippen LogP contribution is 2.32. The summed E-state index contributed by atoms with van der Waals surface area (Å²) in [4.78, 5) is 8.42. The zero-order chi connectivity index (χ0) is 15.0. The Bertz CT molecular complexity index is 825. The van der Waals surface area contributed by atoms with Crippen molar-refractivity contribution in [3.8, 4) is 0 Å². The summed E-state index contributed by atoms with van der Waals surface area (Å²) in [5, 5.41) is 0.0310. The zero-order valence-electron chi connectivity index (χ0n) is 10.7. The van der Waals surface area contributed by atoms with Gasteiger partial charge in [0, 0.05) is 22.4 Å². The smallest absolute Gasteiger partial charge is 0.148 e. The SMILES string of the molecule is NC(c1ccc2nccnc2c1)c1ccc(Br)c(Cl)c1F. The van der Waals surface area contributed by atoms with Gasteiger partial charge in [-0.3, -0.25) is 9.97 Å². The average molecular weight is 367 g/mol. The van der Waals surface area contributed by atoms with E-state index in [4.69, 9.17) is 17.3 Å². The molecule has 0 spiro atoms. The minimum Gasteiger partial charge on any atom is -0.320 e. The van der Waals surface area contributed by atoms with Gasteiger partial charge in [0.15, 0.2) is 0 Å². The summed E-state index contributed by atoms with van der Waals surface area (Å²) < 4.78 is 14.7. The van der Waals surface area contributed by atoms with E-state index in [1.165, 1.54) is 0 Å². The van der Waals surface area contributed by atoms with Gasteiger partial charge in [-0.15, -0.1) is 0 Å². The molecule has 2 N–H and O–H groups in total. The Morgan fingerprint density at radius 3 is 2.57 bits per heavy atom. The molecule has 0 bridgehead atoms. The van der Waals surface area contributed by atoms with Gasteiger partial charge in [0.1, 0.15) is 5.82 Å². The maximum absolute atomic E-state index is 14.2. The van der Waals surface area contributed by atoms with E-state index in [-0.39, 0.29) is 5.02 Å². The number of nitrogens with two attached hydrogens (primary N) is 1. The fourth-order valence-corrected chi connectivity index (χ4v) is 2.61. The number of hydrogen-bond acceptors (Lipinski definition) is 3. The molecule has 0 saturated heterocycles. The first kappa shape index (κ1) is 14.4. The molecule has 21 heavy (non-hydrogen) atoms. The van der Waals surface area contributed by atoms with E-state index < -0.39 is 11.9 Å². The van der Waals surface area contributed by atoms with Crippen molar-refractivity contribution in [2.75, 3.05) is 0 Å². The summed E-state index contributed by atoms with van der Waals surface area (Å²) in [6, 6.07) is 8.12. The topological polar surface area (TPSA) is 51.8 Å². The van der Waals surface area contributed by atoms with E-state index in [0.717, 1.165) is 11.1 Å². The van der Waals surface area contributed by atoms with Gasteiger partial charge in [0.25, 0.3) is 0 Å². The van der Waals surface area contributed by atoms with E-state index in [1.54, 1.807) is 24.5 Å². The summed E-state index contributed by atoms with van der Waals surface area (Å²) in [5.41, 5.74) is 8.74. The lowest BCUT2D eigenvalue weighted by atomic mass is 9.98. The van der Waals surface area contributed by atoms with Crippen molar-refractivity contribution in [1.82, 2.24) is 9.97 Å². The van der Waals surface area contributed by atoms with E-state index >= 15 is 0 Å². The molecule has 0 aliphatic heterocycles. The summed E-state index contributed by atoms with van der Waals surface area (Å²) >= 11 is 9.10. The van der Waals surface area contributed by atoms with Crippen molar-refractivity contribution in [3.05, 3.63) is 69.2 Å². The summed E-state index contributed by atoms with van der Waals surface area (Å²) in [6.45, 7) is 0. The van der Waals surface area contributed by atoms with Crippen LogP contribution in [0.1, 0.15) is 17.2 Å². The van der Waals surface area contributed by atoms with Crippen molar-refractivity contribution in [2.45, 2.75) is 6.04 Å². The Morgan fingerprint density at radius 2 is 1.81 bits per heavy atom. The van der Waals surface area contributed by atoms with Crippen LogP contribution in [0.4, 0.5) is 4.39 Å². The molecule has 0 amide bonds. The quantitative estimate of drug-likeness (QED) is 0.690. The van der Waals surface area contributed by atoms with Crippen molar-refractivity contribution < 1.29 is 4.39 Å². The van der Waals surface area contributed by atoms with Gasteiger partial charge < -0.3 is 5.73 Å². The molecule has 6 heteroatoms. The molecule has 3 rings (SSSR count). The van der Waals surface area contributed by atoms with Gasteiger partial charge in [0.2, 0.25) is 0 Å². The van der Waals surface area contributed by atoms with Crippen LogP contribution in [0.5, 0.6) is 0 Å². The molecule has 0 aliphatic carbocycles. The van der Waals surface area contributed by atoms with Gasteiger partial charge in [0.05, 0.1) is 22.1 Å². The van der Waals surface area contributed by atoms with Crippen molar-refractivity contribution in [1.29, 1.82) is 0 Å². The van der Waals surface area contributed by atoms with Gasteiger partial charge in [-0.05, 0) is 39.7 Å². The zero-order valence-corrected chi connectivity index (χ0v) is 13.1. The van der Waals surface area contributed by atoms with Crippen LogP contribution in [-0.2, 0) is 0 Å². The van der Waals surface area contributed by atoms with Crippen LogP contribution >= 0.6 is 27.5 Å². The van der Waals surface area contributed by atoms with Crippen LogP contribution in [0.15, 0.2) is 47.2 Å². The molecular weight excluding hydrogens is 357 g/mol. The average Bonchev–Trinajstić information content (AvgIpc) is 2.52.